The molecule has 2 aromatic carbocycles. The van der Waals surface area contributed by atoms with Crippen molar-refractivity contribution in [3.63, 3.8) is 0 Å². The Kier molecular flexibility index (Phi) is 5.97. The summed E-state index contributed by atoms with van der Waals surface area (Å²) in [4.78, 5) is 25.1. The molecule has 0 unspecified atom stereocenters. The van der Waals surface area contributed by atoms with Gasteiger partial charge in [0.1, 0.15) is 11.4 Å². The van der Waals surface area contributed by atoms with E-state index in [0.717, 1.165) is 5.56 Å². The molecule has 0 saturated carbocycles. The lowest BCUT2D eigenvalue weighted by atomic mass is 10.1. The zero-order valence-corrected chi connectivity index (χ0v) is 15.1. The molecule has 0 aliphatic carbocycles. The number of hydrogen-bond donors (Lipinski definition) is 1. The minimum absolute atomic E-state index is 0.0237. The Bertz CT molecular complexity index is 1100. The normalized spacial score (nSPS) is 10.3. The molecule has 3 aromatic rings. The summed E-state index contributed by atoms with van der Waals surface area (Å²) >= 11 is 0. The van der Waals surface area contributed by atoms with E-state index in [9.17, 15) is 14.0 Å². The lowest BCUT2D eigenvalue weighted by Crippen LogP contribution is -2.32. The van der Waals surface area contributed by atoms with Crippen LogP contribution in [-0.4, -0.2) is 17.0 Å². The molecule has 0 saturated heterocycles. The maximum Gasteiger partial charge on any atom is 0.267 e. The first-order valence-corrected chi connectivity index (χ1v) is 8.83. The fraction of sp³-hybridized carbons (Fsp3) is 0.136. The number of carbonyl (C=O) groups excluding carboxylic acids is 1. The van der Waals surface area contributed by atoms with Crippen LogP contribution >= 0.6 is 0 Å². The summed E-state index contributed by atoms with van der Waals surface area (Å²) < 4.78 is 14.5. The highest BCUT2D eigenvalue weighted by atomic mass is 19.1. The van der Waals surface area contributed by atoms with Gasteiger partial charge in [-0.1, -0.05) is 18.2 Å². The van der Waals surface area contributed by atoms with Crippen LogP contribution in [0.3, 0.4) is 0 Å². The molecule has 1 amide bonds. The van der Waals surface area contributed by atoms with Gasteiger partial charge in [0.25, 0.3) is 11.5 Å². The lowest BCUT2D eigenvalue weighted by Gasteiger charge is -2.09. The number of pyridine rings is 1. The molecule has 5 nitrogen and oxygen atoms in total. The molecule has 1 heterocycles. The first-order valence-electron chi connectivity index (χ1n) is 8.83. The molecule has 140 valence electrons. The van der Waals surface area contributed by atoms with Gasteiger partial charge >= 0.3 is 0 Å². The zero-order valence-electron chi connectivity index (χ0n) is 15.1. The number of halogens is 1. The molecule has 0 atom stereocenters. The monoisotopic (exact) mass is 375 g/mol. The third-order valence-corrected chi connectivity index (χ3v) is 4.26. The Morgan fingerprint density at radius 2 is 1.93 bits per heavy atom. The van der Waals surface area contributed by atoms with Gasteiger partial charge in [0.05, 0.1) is 11.6 Å². The maximum absolute atomic E-state index is 13.2. The van der Waals surface area contributed by atoms with Crippen molar-refractivity contribution < 1.29 is 9.18 Å². The van der Waals surface area contributed by atoms with Crippen molar-refractivity contribution in [1.82, 2.24) is 9.88 Å². The first kappa shape index (κ1) is 19.1. The molecule has 1 aromatic heterocycles. The number of aryl methyl sites for hydroxylation is 1. The predicted molar refractivity (Wildman–Crippen MR) is 104 cm³/mol. The van der Waals surface area contributed by atoms with Crippen LogP contribution in [0, 0.1) is 17.1 Å². The number of carbonyl (C=O) groups is 1. The highest BCUT2D eigenvalue weighted by Crippen LogP contribution is 2.09. The largest absolute Gasteiger partial charge is 0.352 e. The topological polar surface area (TPSA) is 74.9 Å². The van der Waals surface area contributed by atoms with Gasteiger partial charge in [-0.3, -0.25) is 14.2 Å². The summed E-state index contributed by atoms with van der Waals surface area (Å²) in [6, 6.07) is 18.0. The van der Waals surface area contributed by atoms with Gasteiger partial charge in [0.15, 0.2) is 0 Å². The molecule has 0 aliphatic heterocycles. The number of benzene rings is 2. The van der Waals surface area contributed by atoms with E-state index < -0.39 is 11.5 Å². The molecule has 0 radical (unpaired) electrons. The van der Waals surface area contributed by atoms with Crippen molar-refractivity contribution >= 4 is 5.91 Å². The fourth-order valence-electron chi connectivity index (χ4n) is 2.88. The lowest BCUT2D eigenvalue weighted by molar-refractivity contribution is 0.0951. The van der Waals surface area contributed by atoms with E-state index in [1.54, 1.807) is 42.6 Å². The van der Waals surface area contributed by atoms with Crippen LogP contribution in [0.4, 0.5) is 4.39 Å². The second-order valence-electron chi connectivity index (χ2n) is 6.25. The maximum atomic E-state index is 13.2. The van der Waals surface area contributed by atoms with E-state index in [1.807, 2.05) is 12.1 Å². The SMILES string of the molecule is N#Cc1cccc(-n2cccc(C(=O)NCCCc3cccc(F)c3)c2=O)c1. The average Bonchev–Trinajstić information content (AvgIpc) is 2.71. The van der Waals surface area contributed by atoms with E-state index in [0.29, 0.717) is 30.6 Å². The quantitative estimate of drug-likeness (QED) is 0.672. The van der Waals surface area contributed by atoms with Crippen LogP contribution < -0.4 is 10.9 Å². The Morgan fingerprint density at radius 3 is 2.71 bits per heavy atom. The molecule has 28 heavy (non-hydrogen) atoms. The van der Waals surface area contributed by atoms with Crippen LogP contribution in [0.2, 0.25) is 0 Å². The molecule has 0 fully saturated rings. The van der Waals surface area contributed by atoms with Crippen molar-refractivity contribution in [2.24, 2.45) is 0 Å². The number of rotatable bonds is 6. The average molecular weight is 375 g/mol. The van der Waals surface area contributed by atoms with Crippen molar-refractivity contribution in [3.05, 3.63) is 99.7 Å². The standard InChI is InChI=1S/C22H18FN3O2/c23-18-8-1-5-16(13-18)7-3-11-25-21(27)20-10-4-12-26(22(20)28)19-9-2-6-17(14-19)15-24/h1-2,4-6,8-10,12-14H,3,7,11H2,(H,25,27). The van der Waals surface area contributed by atoms with E-state index in [-0.39, 0.29) is 11.4 Å². The summed E-state index contributed by atoms with van der Waals surface area (Å²) in [5, 5.41) is 11.7. The highest BCUT2D eigenvalue weighted by molar-refractivity contribution is 5.93. The van der Waals surface area contributed by atoms with Crippen LogP contribution in [0.5, 0.6) is 0 Å². The van der Waals surface area contributed by atoms with E-state index in [4.69, 9.17) is 5.26 Å². The van der Waals surface area contributed by atoms with Crippen molar-refractivity contribution in [3.8, 4) is 11.8 Å². The van der Waals surface area contributed by atoms with Crippen LogP contribution in [-0.2, 0) is 6.42 Å². The second kappa shape index (κ2) is 8.78. The van der Waals surface area contributed by atoms with Gasteiger partial charge < -0.3 is 5.32 Å². The smallest absolute Gasteiger partial charge is 0.267 e. The van der Waals surface area contributed by atoms with Gasteiger partial charge in [0.2, 0.25) is 0 Å². The van der Waals surface area contributed by atoms with Crippen LogP contribution in [0.1, 0.15) is 27.9 Å². The fourth-order valence-corrected chi connectivity index (χ4v) is 2.88. The van der Waals surface area contributed by atoms with Gasteiger partial charge in [0, 0.05) is 18.4 Å². The predicted octanol–water partition coefficient (Wildman–Crippen LogP) is 3.21. The summed E-state index contributed by atoms with van der Waals surface area (Å²) in [5.74, 6) is -0.748. The first-order chi connectivity index (χ1) is 13.6. The van der Waals surface area contributed by atoms with E-state index >= 15 is 0 Å². The third kappa shape index (κ3) is 4.51. The molecule has 0 bridgehead atoms. The van der Waals surface area contributed by atoms with Crippen molar-refractivity contribution in [2.75, 3.05) is 6.54 Å². The summed E-state index contributed by atoms with van der Waals surface area (Å²) in [5.41, 5.74) is 1.37. The number of nitrogens with one attached hydrogen (secondary N) is 1. The Hall–Kier alpha value is -3.72. The summed E-state index contributed by atoms with van der Waals surface area (Å²) in [6.07, 6.45) is 2.80. The summed E-state index contributed by atoms with van der Waals surface area (Å²) in [7, 11) is 0. The Balaban J connectivity index is 1.67. The van der Waals surface area contributed by atoms with Crippen molar-refractivity contribution in [1.29, 1.82) is 5.26 Å². The van der Waals surface area contributed by atoms with Gasteiger partial charge in [-0.25, -0.2) is 4.39 Å². The molecule has 0 aliphatic rings. The molecule has 1 N–H and O–H groups in total. The van der Waals surface area contributed by atoms with E-state index in [1.165, 1.54) is 22.8 Å². The number of nitrogens with zero attached hydrogens (tertiary/aromatic N) is 2. The van der Waals surface area contributed by atoms with Crippen molar-refractivity contribution in [2.45, 2.75) is 12.8 Å². The Morgan fingerprint density at radius 1 is 1.11 bits per heavy atom. The molecular weight excluding hydrogens is 357 g/mol. The van der Waals surface area contributed by atoms with E-state index in [2.05, 4.69) is 5.32 Å². The van der Waals surface area contributed by atoms with Crippen LogP contribution in [0.15, 0.2) is 71.7 Å². The van der Waals surface area contributed by atoms with Gasteiger partial charge in [-0.05, 0) is 60.9 Å². The third-order valence-electron chi connectivity index (χ3n) is 4.26. The molecular formula is C22H18FN3O2. The Labute approximate surface area is 161 Å². The second-order valence-corrected chi connectivity index (χ2v) is 6.25. The molecule has 6 heteroatoms. The molecule has 0 spiro atoms. The van der Waals surface area contributed by atoms with Gasteiger partial charge in [-0.15, -0.1) is 0 Å². The number of hydrogen-bond acceptors (Lipinski definition) is 3. The zero-order chi connectivity index (χ0) is 19.9. The number of amides is 1. The number of aromatic nitrogens is 1. The minimum Gasteiger partial charge on any atom is -0.352 e. The minimum atomic E-state index is -0.463. The number of nitriles is 1. The highest BCUT2D eigenvalue weighted by Gasteiger charge is 2.12. The summed E-state index contributed by atoms with van der Waals surface area (Å²) in [6.45, 7) is 0.369. The molecule has 3 rings (SSSR count). The van der Waals surface area contributed by atoms with Gasteiger partial charge in [-0.2, -0.15) is 5.26 Å². The van der Waals surface area contributed by atoms with Crippen LogP contribution in [0.25, 0.3) is 5.69 Å².